The van der Waals surface area contributed by atoms with E-state index in [1.165, 1.54) is 0 Å². The molecule has 1 aromatic carbocycles. The molecule has 1 N–H and O–H groups in total. The zero-order valence-electron chi connectivity index (χ0n) is 11.6. The molecule has 1 saturated heterocycles. The van der Waals surface area contributed by atoms with Gasteiger partial charge in [-0.05, 0) is 41.1 Å². The minimum absolute atomic E-state index is 0.0602. The molecule has 0 radical (unpaired) electrons. The fraction of sp³-hybridized carbons (Fsp3) is 0.429. The normalized spacial score (nSPS) is 17.6. The van der Waals surface area contributed by atoms with E-state index in [0.29, 0.717) is 41.2 Å². The van der Waals surface area contributed by atoms with Crippen molar-refractivity contribution in [2.45, 2.75) is 13.0 Å². The summed E-state index contributed by atoms with van der Waals surface area (Å²) in [6.07, 6.45) is 0. The van der Waals surface area contributed by atoms with E-state index in [4.69, 9.17) is 16.7 Å². The molecule has 0 spiro atoms. The molecule has 7 heteroatoms. The van der Waals surface area contributed by atoms with E-state index >= 15 is 0 Å². The van der Waals surface area contributed by atoms with Crippen molar-refractivity contribution < 1.29 is 14.7 Å². The van der Waals surface area contributed by atoms with E-state index in [9.17, 15) is 9.59 Å². The lowest BCUT2D eigenvalue weighted by Crippen LogP contribution is -2.53. The van der Waals surface area contributed by atoms with E-state index in [1.54, 1.807) is 30.0 Å². The summed E-state index contributed by atoms with van der Waals surface area (Å²) in [5.74, 6) is -0.897. The molecule has 0 aromatic heterocycles. The van der Waals surface area contributed by atoms with E-state index in [2.05, 4.69) is 15.9 Å². The number of hydrogen-bond acceptors (Lipinski definition) is 3. The Balaban J connectivity index is 2.00. The Hall–Kier alpha value is -1.11. The number of rotatable bonds is 3. The van der Waals surface area contributed by atoms with Crippen molar-refractivity contribution in [2.24, 2.45) is 0 Å². The molecule has 5 nitrogen and oxygen atoms in total. The van der Waals surface area contributed by atoms with Gasteiger partial charge in [-0.3, -0.25) is 14.5 Å². The number of nitrogens with zero attached hydrogens (tertiary/aromatic N) is 2. The second kappa shape index (κ2) is 6.77. The minimum atomic E-state index is -0.837. The molecule has 1 aliphatic heterocycles. The third-order valence-corrected chi connectivity index (χ3v) is 4.89. The molecule has 0 aliphatic carbocycles. The van der Waals surface area contributed by atoms with Gasteiger partial charge in [-0.25, -0.2) is 0 Å². The van der Waals surface area contributed by atoms with Gasteiger partial charge >= 0.3 is 5.97 Å². The van der Waals surface area contributed by atoms with Gasteiger partial charge in [-0.1, -0.05) is 11.6 Å². The smallest absolute Gasteiger partial charge is 0.320 e. The molecule has 0 bridgehead atoms. The summed E-state index contributed by atoms with van der Waals surface area (Å²) in [6, 6.07) is 4.56. The number of carboxylic acids is 1. The van der Waals surface area contributed by atoms with Crippen LogP contribution in [0.4, 0.5) is 0 Å². The number of carbonyl (C=O) groups excluding carboxylic acids is 1. The Morgan fingerprint density at radius 2 is 1.90 bits per heavy atom. The van der Waals surface area contributed by atoms with E-state index in [-0.39, 0.29) is 5.91 Å². The van der Waals surface area contributed by atoms with E-state index < -0.39 is 12.0 Å². The van der Waals surface area contributed by atoms with Crippen LogP contribution in [-0.2, 0) is 4.79 Å². The molecule has 0 saturated carbocycles. The average Bonchev–Trinajstić information content (AvgIpc) is 2.48. The average molecular weight is 376 g/mol. The molecular weight excluding hydrogens is 360 g/mol. The molecule has 21 heavy (non-hydrogen) atoms. The molecule has 1 aliphatic rings. The third kappa shape index (κ3) is 3.75. The number of aliphatic carboxylic acids is 1. The second-order valence-electron chi connectivity index (χ2n) is 4.97. The first-order chi connectivity index (χ1) is 9.90. The monoisotopic (exact) mass is 374 g/mol. The van der Waals surface area contributed by atoms with Crippen molar-refractivity contribution in [2.75, 3.05) is 26.2 Å². The largest absolute Gasteiger partial charge is 0.480 e. The molecule has 1 atom stereocenters. The van der Waals surface area contributed by atoms with Crippen LogP contribution in [0.3, 0.4) is 0 Å². The molecule has 114 valence electrons. The summed E-state index contributed by atoms with van der Waals surface area (Å²) in [5.41, 5.74) is 0.575. The molecule has 1 amide bonds. The maximum atomic E-state index is 12.4. The van der Waals surface area contributed by atoms with Crippen molar-refractivity contribution >= 4 is 39.4 Å². The highest BCUT2D eigenvalue weighted by atomic mass is 79.9. The van der Waals surface area contributed by atoms with Crippen LogP contribution in [0.25, 0.3) is 0 Å². The second-order valence-corrected chi connectivity index (χ2v) is 6.23. The Morgan fingerprint density at radius 1 is 1.29 bits per heavy atom. The summed E-state index contributed by atoms with van der Waals surface area (Å²) < 4.78 is 0.688. The van der Waals surface area contributed by atoms with Crippen LogP contribution in [-0.4, -0.2) is 59.0 Å². The Morgan fingerprint density at radius 3 is 2.43 bits per heavy atom. The fourth-order valence-corrected chi connectivity index (χ4v) is 2.78. The maximum absolute atomic E-state index is 12.4. The molecule has 1 aromatic rings. The van der Waals surface area contributed by atoms with Crippen LogP contribution in [0.15, 0.2) is 22.7 Å². The van der Waals surface area contributed by atoms with Gasteiger partial charge in [-0.2, -0.15) is 0 Å². The summed E-state index contributed by atoms with van der Waals surface area (Å²) in [6.45, 7) is 3.84. The first kappa shape index (κ1) is 16.3. The van der Waals surface area contributed by atoms with Crippen molar-refractivity contribution in [3.63, 3.8) is 0 Å². The van der Waals surface area contributed by atoms with Crippen molar-refractivity contribution in [3.8, 4) is 0 Å². The van der Waals surface area contributed by atoms with Crippen molar-refractivity contribution in [1.82, 2.24) is 9.80 Å². The van der Waals surface area contributed by atoms with Crippen molar-refractivity contribution in [3.05, 3.63) is 33.3 Å². The first-order valence-corrected chi connectivity index (χ1v) is 7.78. The minimum Gasteiger partial charge on any atom is -0.480 e. The highest BCUT2D eigenvalue weighted by Gasteiger charge is 2.27. The number of carbonyl (C=O) groups is 2. The van der Waals surface area contributed by atoms with Gasteiger partial charge in [-0.15, -0.1) is 0 Å². The van der Waals surface area contributed by atoms with Crippen LogP contribution >= 0.6 is 27.5 Å². The lowest BCUT2D eigenvalue weighted by molar-refractivity contribution is -0.143. The number of hydrogen-bond donors (Lipinski definition) is 1. The van der Waals surface area contributed by atoms with Gasteiger partial charge in [0.15, 0.2) is 0 Å². The standard InChI is InChI=1S/C14H16BrClN2O3/c1-9(14(20)21)17-4-6-18(7-5-17)13(19)10-2-3-12(16)11(15)8-10/h2-3,8-9H,4-7H2,1H3,(H,20,21). The highest BCUT2D eigenvalue weighted by Crippen LogP contribution is 2.24. The van der Waals surface area contributed by atoms with Crippen LogP contribution < -0.4 is 0 Å². The lowest BCUT2D eigenvalue weighted by Gasteiger charge is -2.36. The first-order valence-electron chi connectivity index (χ1n) is 6.61. The van der Waals surface area contributed by atoms with E-state index in [1.807, 2.05) is 4.90 Å². The summed E-state index contributed by atoms with van der Waals surface area (Å²) >= 11 is 9.23. The zero-order chi connectivity index (χ0) is 15.6. The van der Waals surface area contributed by atoms with Crippen molar-refractivity contribution in [1.29, 1.82) is 0 Å². The number of amides is 1. The van der Waals surface area contributed by atoms with Gasteiger partial charge in [0, 0.05) is 36.2 Å². The predicted molar refractivity (Wildman–Crippen MR) is 83.7 cm³/mol. The molecule has 1 unspecified atom stereocenters. The quantitative estimate of drug-likeness (QED) is 0.881. The van der Waals surface area contributed by atoms with Crippen LogP contribution in [0, 0.1) is 0 Å². The van der Waals surface area contributed by atoms with Crippen LogP contribution in [0.5, 0.6) is 0 Å². The summed E-state index contributed by atoms with van der Waals surface area (Å²) in [4.78, 5) is 27.0. The van der Waals surface area contributed by atoms with Crippen LogP contribution in [0.1, 0.15) is 17.3 Å². The molecule has 1 fully saturated rings. The lowest BCUT2D eigenvalue weighted by atomic mass is 10.1. The van der Waals surface area contributed by atoms with Gasteiger partial charge in [0.05, 0.1) is 5.02 Å². The third-order valence-electron chi connectivity index (χ3n) is 3.67. The van der Waals surface area contributed by atoms with Gasteiger partial charge < -0.3 is 10.0 Å². The Bertz CT molecular complexity index is 559. The molecule has 1 heterocycles. The zero-order valence-corrected chi connectivity index (χ0v) is 13.9. The van der Waals surface area contributed by atoms with Gasteiger partial charge in [0.25, 0.3) is 5.91 Å². The summed E-state index contributed by atoms with van der Waals surface area (Å²) in [5, 5.41) is 9.57. The number of halogens is 2. The predicted octanol–water partition coefficient (Wildman–Crippen LogP) is 2.33. The highest BCUT2D eigenvalue weighted by molar-refractivity contribution is 9.10. The molecule has 2 rings (SSSR count). The van der Waals surface area contributed by atoms with E-state index in [0.717, 1.165) is 0 Å². The van der Waals surface area contributed by atoms with Gasteiger partial charge in [0.2, 0.25) is 0 Å². The number of benzene rings is 1. The Labute approximate surface area is 136 Å². The maximum Gasteiger partial charge on any atom is 0.320 e. The summed E-state index contributed by atoms with van der Waals surface area (Å²) in [7, 11) is 0. The fourth-order valence-electron chi connectivity index (χ4n) is 2.28. The SMILES string of the molecule is CC(C(=O)O)N1CCN(C(=O)c2ccc(Cl)c(Br)c2)CC1. The Kier molecular flexibility index (Phi) is 5.24. The molecular formula is C14H16BrClN2O3. The number of carboxylic acid groups (broad SMARTS) is 1. The number of piperazine rings is 1. The van der Waals surface area contributed by atoms with Crippen LogP contribution in [0.2, 0.25) is 5.02 Å². The van der Waals surface area contributed by atoms with Gasteiger partial charge in [0.1, 0.15) is 6.04 Å². The topological polar surface area (TPSA) is 60.9 Å².